The number of Topliss-reactive ketones (excluding diaryl/α,β-unsaturated/α-hetero) is 1. The van der Waals surface area contributed by atoms with Crippen molar-refractivity contribution in [1.82, 2.24) is 0 Å². The van der Waals surface area contributed by atoms with Crippen LogP contribution in [0.25, 0.3) is 10.4 Å². The summed E-state index contributed by atoms with van der Waals surface area (Å²) in [4.78, 5) is 14.0. The number of aliphatic hydroxyl groups excluding tert-OH is 1. The minimum Gasteiger partial charge on any atom is -0.393 e. The van der Waals surface area contributed by atoms with Crippen molar-refractivity contribution in [3.05, 3.63) is 10.4 Å². The fourth-order valence-corrected chi connectivity index (χ4v) is 1.38. The second kappa shape index (κ2) is 5.67. The highest BCUT2D eigenvalue weighted by atomic mass is 16.7. The van der Waals surface area contributed by atoms with E-state index in [0.29, 0.717) is 6.61 Å². The number of ether oxygens (including phenoxy) is 2. The van der Waals surface area contributed by atoms with Crippen LogP contribution in [0.1, 0.15) is 13.3 Å². The van der Waals surface area contributed by atoms with E-state index in [2.05, 4.69) is 10.0 Å². The van der Waals surface area contributed by atoms with Crippen molar-refractivity contribution >= 4 is 5.78 Å². The summed E-state index contributed by atoms with van der Waals surface area (Å²) < 4.78 is 10.3. The Balaban J connectivity index is 2.71. The molecule has 0 spiro atoms. The molecule has 84 valence electrons. The first-order chi connectivity index (χ1) is 7.22. The van der Waals surface area contributed by atoms with E-state index in [-0.39, 0.29) is 18.8 Å². The molecule has 1 heterocycles. The van der Waals surface area contributed by atoms with Crippen LogP contribution in [0.5, 0.6) is 0 Å². The molecule has 0 bridgehead atoms. The lowest BCUT2D eigenvalue weighted by Gasteiger charge is -2.31. The Morgan fingerprint density at radius 3 is 3.07 bits per heavy atom. The van der Waals surface area contributed by atoms with Crippen LogP contribution in [-0.2, 0) is 14.3 Å². The maximum atomic E-state index is 11.3. The molecule has 0 aromatic heterocycles. The van der Waals surface area contributed by atoms with Gasteiger partial charge in [-0.15, -0.1) is 0 Å². The smallest absolute Gasteiger partial charge is 0.167 e. The number of carbonyl (C=O) groups excluding carboxylic acids is 1. The van der Waals surface area contributed by atoms with Crippen LogP contribution < -0.4 is 0 Å². The van der Waals surface area contributed by atoms with E-state index < -0.39 is 18.4 Å². The normalized spacial score (nSPS) is 31.1. The minimum atomic E-state index is -0.869. The topological polar surface area (TPSA) is 105 Å². The van der Waals surface area contributed by atoms with Crippen LogP contribution in [0.2, 0.25) is 0 Å². The fourth-order valence-electron chi connectivity index (χ4n) is 1.38. The molecule has 3 atom stereocenters. The Morgan fingerprint density at radius 2 is 2.53 bits per heavy atom. The Hall–Kier alpha value is -1.14. The third kappa shape index (κ3) is 2.90. The van der Waals surface area contributed by atoms with Gasteiger partial charge in [-0.2, -0.15) is 0 Å². The Kier molecular flexibility index (Phi) is 4.51. The number of hydrogen-bond donors (Lipinski definition) is 1. The summed E-state index contributed by atoms with van der Waals surface area (Å²) in [6.45, 7) is 1.76. The van der Waals surface area contributed by atoms with Crippen LogP contribution in [0.4, 0.5) is 0 Å². The van der Waals surface area contributed by atoms with Gasteiger partial charge in [0.25, 0.3) is 0 Å². The average molecular weight is 215 g/mol. The third-order valence-corrected chi connectivity index (χ3v) is 2.08. The molecule has 0 unspecified atom stereocenters. The first kappa shape index (κ1) is 11.9. The molecular weight excluding hydrogens is 202 g/mol. The molecule has 1 aliphatic heterocycles. The molecule has 1 rings (SSSR count). The van der Waals surface area contributed by atoms with Crippen LogP contribution >= 0.6 is 0 Å². The lowest BCUT2D eigenvalue weighted by molar-refractivity contribution is -0.205. The van der Waals surface area contributed by atoms with E-state index in [0.717, 1.165) is 0 Å². The molecule has 0 aliphatic carbocycles. The van der Waals surface area contributed by atoms with E-state index in [1.807, 2.05) is 0 Å². The molecule has 0 amide bonds. The summed E-state index contributed by atoms with van der Waals surface area (Å²) in [6, 6.07) is -0.648. The summed E-state index contributed by atoms with van der Waals surface area (Å²) in [5, 5.41) is 12.3. The van der Waals surface area contributed by atoms with Crippen LogP contribution in [-0.4, -0.2) is 42.5 Å². The maximum Gasteiger partial charge on any atom is 0.167 e. The lowest BCUT2D eigenvalue weighted by Crippen LogP contribution is -2.46. The monoisotopic (exact) mass is 215 g/mol. The summed E-state index contributed by atoms with van der Waals surface area (Å²) in [7, 11) is 0. The van der Waals surface area contributed by atoms with E-state index >= 15 is 0 Å². The quantitative estimate of drug-likeness (QED) is 0.415. The highest BCUT2D eigenvalue weighted by molar-refractivity contribution is 5.84. The molecule has 1 aliphatic rings. The van der Waals surface area contributed by atoms with E-state index in [1.54, 1.807) is 6.92 Å². The van der Waals surface area contributed by atoms with Crippen molar-refractivity contribution in [3.8, 4) is 0 Å². The van der Waals surface area contributed by atoms with Gasteiger partial charge in [0.1, 0.15) is 6.10 Å². The van der Waals surface area contributed by atoms with Crippen molar-refractivity contribution in [2.45, 2.75) is 31.8 Å². The number of ketones is 1. The summed E-state index contributed by atoms with van der Waals surface area (Å²) in [5.41, 5.74) is 8.30. The van der Waals surface area contributed by atoms with Gasteiger partial charge in [-0.25, -0.2) is 0 Å². The molecule has 0 radical (unpaired) electrons. The predicted octanol–water partition coefficient (Wildman–Crippen LogP) is 0.378. The van der Waals surface area contributed by atoms with Gasteiger partial charge in [0.2, 0.25) is 0 Å². The molecule has 0 saturated carbocycles. The largest absolute Gasteiger partial charge is 0.393 e. The Labute approximate surface area is 86.6 Å². The van der Waals surface area contributed by atoms with Crippen molar-refractivity contribution in [2.75, 3.05) is 13.2 Å². The van der Waals surface area contributed by atoms with Gasteiger partial charge in [-0.05, 0) is 12.5 Å². The number of rotatable bonds is 4. The molecule has 1 fully saturated rings. The minimum absolute atomic E-state index is 0.0416. The lowest BCUT2D eigenvalue weighted by atomic mass is 10.0. The number of hydrogen-bond acceptors (Lipinski definition) is 5. The molecule has 1 saturated heterocycles. The van der Waals surface area contributed by atoms with E-state index in [9.17, 15) is 4.79 Å². The Bertz CT molecular complexity index is 277. The van der Waals surface area contributed by atoms with Gasteiger partial charge < -0.3 is 14.6 Å². The molecule has 15 heavy (non-hydrogen) atoms. The number of nitrogens with zero attached hydrogens (tertiary/aromatic N) is 3. The number of azide groups is 1. The van der Waals surface area contributed by atoms with Crippen LogP contribution in [0, 0.1) is 0 Å². The molecule has 1 N–H and O–H groups in total. The van der Waals surface area contributed by atoms with Crippen molar-refractivity contribution in [3.63, 3.8) is 0 Å². The van der Waals surface area contributed by atoms with Gasteiger partial charge >= 0.3 is 0 Å². The summed E-state index contributed by atoms with van der Waals surface area (Å²) in [5.74, 6) is -0.272. The highest BCUT2D eigenvalue weighted by Crippen LogP contribution is 2.20. The summed E-state index contributed by atoms with van der Waals surface area (Å²) >= 11 is 0. The zero-order valence-corrected chi connectivity index (χ0v) is 8.37. The molecule has 7 heteroatoms. The second-order valence-corrected chi connectivity index (χ2v) is 3.07. The van der Waals surface area contributed by atoms with Gasteiger partial charge in [0.15, 0.2) is 12.1 Å². The second-order valence-electron chi connectivity index (χ2n) is 3.07. The number of carbonyl (C=O) groups is 1. The van der Waals surface area contributed by atoms with Crippen molar-refractivity contribution < 1.29 is 19.4 Å². The Morgan fingerprint density at radius 1 is 1.80 bits per heavy atom. The number of aliphatic hydroxyl groups is 1. The zero-order chi connectivity index (χ0) is 11.3. The van der Waals surface area contributed by atoms with Crippen molar-refractivity contribution in [2.24, 2.45) is 5.11 Å². The standard InChI is InChI=1S/C8H13N3O4/c1-2-14-8-5(10-11-9)3-6(13)7(4-12)15-8/h5,7-8,12H,2-4H2,1H3/t5-,7+,8-/m0/s1. The van der Waals surface area contributed by atoms with Crippen LogP contribution in [0.3, 0.4) is 0 Å². The van der Waals surface area contributed by atoms with Gasteiger partial charge in [0, 0.05) is 17.9 Å². The van der Waals surface area contributed by atoms with Crippen molar-refractivity contribution in [1.29, 1.82) is 0 Å². The van der Waals surface area contributed by atoms with Gasteiger partial charge in [-0.3, -0.25) is 4.79 Å². The highest BCUT2D eigenvalue weighted by Gasteiger charge is 2.36. The van der Waals surface area contributed by atoms with Gasteiger partial charge in [0.05, 0.1) is 12.6 Å². The van der Waals surface area contributed by atoms with Crippen LogP contribution in [0.15, 0.2) is 5.11 Å². The first-order valence-electron chi connectivity index (χ1n) is 4.67. The zero-order valence-electron chi connectivity index (χ0n) is 8.37. The fraction of sp³-hybridized carbons (Fsp3) is 0.875. The SMILES string of the molecule is CCO[C@H]1O[C@H](CO)C(=O)C[C@@H]1N=[N+]=[N-]. The average Bonchev–Trinajstić information content (AvgIpc) is 2.22. The first-order valence-corrected chi connectivity index (χ1v) is 4.67. The van der Waals surface area contributed by atoms with E-state index in [1.165, 1.54) is 0 Å². The molecule has 0 aromatic rings. The molecule has 0 aromatic carbocycles. The van der Waals surface area contributed by atoms with Gasteiger partial charge in [-0.1, -0.05) is 5.11 Å². The third-order valence-electron chi connectivity index (χ3n) is 2.08. The maximum absolute atomic E-state index is 11.3. The van der Waals surface area contributed by atoms with E-state index in [4.69, 9.17) is 20.1 Å². The molecular formula is C8H13N3O4. The summed E-state index contributed by atoms with van der Waals surface area (Å²) in [6.07, 6.45) is -1.58. The molecule has 7 nitrogen and oxygen atoms in total. The predicted molar refractivity (Wildman–Crippen MR) is 49.9 cm³/mol.